The molecular formula is C74H78O14V14-14. The molecule has 0 saturated heterocycles. The van der Waals surface area contributed by atoms with E-state index in [0.29, 0.717) is 0 Å². The smallest absolute Gasteiger partial charge is 0 e. The molecule has 14 aromatic rings. The Morgan fingerprint density at radius 3 is 1.14 bits per heavy atom. The molecule has 0 N–H and O–H groups in total. The van der Waals surface area contributed by atoms with Gasteiger partial charge in [0.1, 0.15) is 0 Å². The van der Waals surface area contributed by atoms with Gasteiger partial charge in [0.05, 0.1) is 0 Å². The maximum atomic E-state index is 5.03. The van der Waals surface area contributed by atoms with Crippen molar-refractivity contribution in [3.63, 3.8) is 0 Å². The van der Waals surface area contributed by atoms with Crippen molar-refractivity contribution in [2.45, 2.75) is 125 Å². The average molecular weight is 1900 g/mol. The van der Waals surface area contributed by atoms with Crippen LogP contribution in [0.3, 0.4) is 0 Å². The molecule has 0 aliphatic carbocycles. The fraction of sp³-hybridized carbons (Fsp3) is 0.243. The molecule has 0 fully saturated rings. The molecular weight excluding hydrogens is 1830 g/mol. The quantitative estimate of drug-likeness (QED) is 0.131. The van der Waals surface area contributed by atoms with Crippen molar-refractivity contribution >= 4 is 0 Å². The maximum absolute atomic E-state index is 5.03. The monoisotopic (exact) mass is 1900 g/mol. The zero-order valence-electron chi connectivity index (χ0n) is 59.8. The third-order valence-electron chi connectivity index (χ3n) is 9.86. The van der Waals surface area contributed by atoms with Gasteiger partial charge in [-0.2, -0.15) is 81.9 Å². The first-order chi connectivity index (χ1) is 42.1. The molecule has 0 aromatic carbocycles. The summed E-state index contributed by atoms with van der Waals surface area (Å²) < 4.78 is 66.3. The van der Waals surface area contributed by atoms with E-state index in [1.54, 1.807) is 98.8 Å². The van der Waals surface area contributed by atoms with E-state index in [1.165, 1.54) is 29.9 Å². The molecule has 28 heteroatoms. The normalized spacial score (nSPS) is 7.78. The summed E-state index contributed by atoms with van der Waals surface area (Å²) in [5.74, 6) is 8.16. The zero-order valence-corrected chi connectivity index (χ0v) is 79.4. The summed E-state index contributed by atoms with van der Waals surface area (Å²) in [6.07, 6.45) is 37.4. The SMILES string of the molecule is Cc1[c-]c(C)oc1.Cc1[c-]cc(C)o1.Cc1[c-]cco1.Cc1[c-]coc1.Cc1[c-]coc1C.Cc1[c-]oc(C)c1.Cc1[c-]occ1.Cc1[c-]occ1C.Cc1c[c-]co1.Cc1c[c-]oc1.Cc1c[c-]oc1C.Cc1cc[c-]o1.[V].[V].[V].[V].[V].[V].[V].[V].[V].[V].[V].[V].[V].[V].[c-]1ccco1.[c-]1ccoc1. The van der Waals surface area contributed by atoms with Gasteiger partial charge in [0.15, 0.2) is 0 Å². The maximum Gasteiger partial charge on any atom is 0 e. The second-order valence-electron chi connectivity index (χ2n) is 18.2. The molecule has 14 radical (unpaired) electrons. The van der Waals surface area contributed by atoms with Gasteiger partial charge in [-0.3, -0.25) is 0 Å². The Bertz CT molecular complexity index is 2990. The van der Waals surface area contributed by atoms with E-state index in [1.807, 2.05) is 155 Å². The first-order valence-electron chi connectivity index (χ1n) is 27.0. The van der Waals surface area contributed by atoms with Crippen LogP contribution in [0.1, 0.15) is 102 Å². The van der Waals surface area contributed by atoms with E-state index >= 15 is 0 Å². The molecule has 542 valence electrons. The first-order valence-corrected chi connectivity index (χ1v) is 27.0. The Hall–Kier alpha value is -1.90. The summed E-state index contributed by atoms with van der Waals surface area (Å²) >= 11 is 0. The molecule has 0 aliphatic heterocycles. The minimum atomic E-state index is 0. The molecule has 0 unspecified atom stereocenters. The Balaban J connectivity index is -0.0000000675. The second kappa shape index (κ2) is 88.0. The van der Waals surface area contributed by atoms with Gasteiger partial charge < -0.3 is 61.8 Å². The van der Waals surface area contributed by atoms with Crippen molar-refractivity contribution in [2.24, 2.45) is 0 Å². The van der Waals surface area contributed by atoms with Gasteiger partial charge in [-0.05, 0) is 107 Å². The van der Waals surface area contributed by atoms with Gasteiger partial charge >= 0.3 is 0 Å². The number of hydrogen-bond donors (Lipinski definition) is 0. The van der Waals surface area contributed by atoms with Crippen LogP contribution >= 0.6 is 0 Å². The van der Waals surface area contributed by atoms with Crippen LogP contribution < -0.4 is 0 Å². The number of rotatable bonds is 0. The van der Waals surface area contributed by atoms with Crippen molar-refractivity contribution in [3.8, 4) is 0 Å². The third-order valence-corrected chi connectivity index (χ3v) is 9.86. The van der Waals surface area contributed by atoms with E-state index in [2.05, 4.69) is 108 Å². The van der Waals surface area contributed by atoms with Crippen molar-refractivity contribution in [1.82, 2.24) is 0 Å². The van der Waals surface area contributed by atoms with Crippen molar-refractivity contribution < 1.29 is 322 Å². The molecule has 14 rings (SSSR count). The van der Waals surface area contributed by atoms with Crippen LogP contribution in [0.25, 0.3) is 0 Å². The minimum absolute atomic E-state index is 0. The van der Waals surface area contributed by atoms with Gasteiger partial charge in [0.25, 0.3) is 0 Å². The first kappa shape index (κ1) is 133. The predicted octanol–water partition coefficient (Wildman–Crippen LogP) is 20.6. The van der Waals surface area contributed by atoms with E-state index in [4.69, 9.17) is 39.8 Å². The zero-order chi connectivity index (χ0) is 65.2. The van der Waals surface area contributed by atoms with Crippen LogP contribution in [0, 0.1) is 211 Å². The van der Waals surface area contributed by atoms with Crippen LogP contribution in [0.4, 0.5) is 0 Å². The summed E-state index contributed by atoms with van der Waals surface area (Å²) in [4.78, 5) is 0. The fourth-order valence-electron chi connectivity index (χ4n) is 4.92. The van der Waals surface area contributed by atoms with Crippen molar-refractivity contribution in [1.29, 1.82) is 0 Å². The Morgan fingerprint density at radius 1 is 0.314 bits per heavy atom. The van der Waals surface area contributed by atoms with Crippen molar-refractivity contribution in [2.75, 3.05) is 0 Å². The number of hydrogen-bond acceptors (Lipinski definition) is 14. The summed E-state index contributed by atoms with van der Waals surface area (Å²) in [6, 6.07) is 41.5. The topological polar surface area (TPSA) is 184 Å². The summed E-state index contributed by atoms with van der Waals surface area (Å²) in [6.45, 7) is 34.7. The predicted molar refractivity (Wildman–Crippen MR) is 331 cm³/mol. The fourth-order valence-corrected chi connectivity index (χ4v) is 4.92. The molecule has 0 atom stereocenters. The van der Waals surface area contributed by atoms with Gasteiger partial charge in [0, 0.05) is 260 Å². The third kappa shape index (κ3) is 80.6. The molecule has 0 spiro atoms. The molecule has 0 saturated carbocycles. The van der Waals surface area contributed by atoms with Gasteiger partial charge in [-0.15, -0.1) is 41.0 Å². The molecule has 0 aliphatic rings. The van der Waals surface area contributed by atoms with Crippen LogP contribution in [0.15, 0.2) is 210 Å². The molecule has 14 heterocycles. The Kier molecular flexibility index (Phi) is 114. The molecule has 0 bridgehead atoms. The largest absolute Gasteiger partial charge is 0.599 e. The second-order valence-corrected chi connectivity index (χ2v) is 18.2. The molecule has 102 heavy (non-hydrogen) atoms. The molecule has 0 amide bonds. The Morgan fingerprint density at radius 2 is 1.00 bits per heavy atom. The summed E-state index contributed by atoms with van der Waals surface area (Å²) in [5, 5.41) is 0. The van der Waals surface area contributed by atoms with E-state index in [0.717, 1.165) is 90.8 Å². The van der Waals surface area contributed by atoms with Crippen LogP contribution in [-0.4, -0.2) is 0 Å². The average Bonchev–Trinajstić information content (AvgIpc) is 1.85. The number of furan rings is 14. The molecule has 14 nitrogen and oxygen atoms in total. The standard InChI is InChI=1S/6C6H7O.6C5H5O.2C4H3O.14V/c1-5-3-7-4-6(5)2;2*1-5-3-6(2)7-4-5;2*1-5-3-4-7-6(5)2;1-5-3-4-6(2)7-5;3*1-5-2-3-6-4-5;3*1-5-3-2-4-6-5;2*1-2-4-5-3-1;;;;;;;;;;;;;;/h3H,1-2H3;4H,1-2H3;3H,1-2H3;4H,1-2H3;2*3H,1-2H3;3-4H,1H3;2,4H,1H3;2-3H,1H3;3-4H,1H3;2,4H,1H3;2-3H,1H3;1,3-4H;1-3H;;;;;;;;;;;;;;/q14*-1;;;;;;;;;;;;;;. The van der Waals surface area contributed by atoms with Crippen LogP contribution in [-0.2, 0) is 260 Å². The van der Waals surface area contributed by atoms with Crippen molar-refractivity contribution in [3.05, 3.63) is 336 Å². The summed E-state index contributed by atoms with van der Waals surface area (Å²) in [5.41, 5.74) is 9.88. The molecule has 14 aromatic heterocycles. The van der Waals surface area contributed by atoms with Gasteiger partial charge in [-0.1, -0.05) is 189 Å². The van der Waals surface area contributed by atoms with E-state index < -0.39 is 0 Å². The van der Waals surface area contributed by atoms with Gasteiger partial charge in [-0.25, -0.2) is 42.5 Å². The number of aryl methyl sites for hydroxylation is 18. The Labute approximate surface area is 772 Å². The summed E-state index contributed by atoms with van der Waals surface area (Å²) in [7, 11) is 0. The minimum Gasteiger partial charge on any atom is -0.599 e. The van der Waals surface area contributed by atoms with Gasteiger partial charge in [0.2, 0.25) is 0 Å². The van der Waals surface area contributed by atoms with E-state index in [-0.39, 0.29) is 260 Å². The van der Waals surface area contributed by atoms with Crippen LogP contribution in [0.5, 0.6) is 0 Å². The van der Waals surface area contributed by atoms with E-state index in [9.17, 15) is 0 Å². The van der Waals surface area contributed by atoms with Crippen LogP contribution in [0.2, 0.25) is 0 Å².